The molecule has 0 fully saturated rings. The van der Waals surface area contributed by atoms with Crippen molar-refractivity contribution < 1.29 is 9.32 Å². The summed E-state index contributed by atoms with van der Waals surface area (Å²) in [5.41, 5.74) is 4.78. The number of amides is 1. The van der Waals surface area contributed by atoms with Crippen LogP contribution in [0.4, 0.5) is 11.5 Å². The Kier molecular flexibility index (Phi) is 5.76. The molecule has 0 bridgehead atoms. The maximum atomic E-state index is 13.4. The summed E-state index contributed by atoms with van der Waals surface area (Å²) in [5.74, 6) is 0.413. The average Bonchev–Trinajstić information content (AvgIpc) is 3.42. The summed E-state index contributed by atoms with van der Waals surface area (Å²) in [6.45, 7) is 2.59. The summed E-state index contributed by atoms with van der Waals surface area (Å²) in [4.78, 5) is 17.8. The molecule has 0 unspecified atom stereocenters. The van der Waals surface area contributed by atoms with Gasteiger partial charge in [0.15, 0.2) is 0 Å². The Balaban J connectivity index is 1.38. The van der Waals surface area contributed by atoms with Crippen molar-refractivity contribution in [3.8, 4) is 11.1 Å². The van der Waals surface area contributed by atoms with Crippen molar-refractivity contribution >= 4 is 17.4 Å². The maximum absolute atomic E-state index is 13.4. The van der Waals surface area contributed by atoms with Crippen LogP contribution in [0.5, 0.6) is 0 Å². The first-order chi connectivity index (χ1) is 16.2. The number of benzene rings is 2. The quantitative estimate of drug-likeness (QED) is 0.407. The Bertz CT molecular complexity index is 1230. The van der Waals surface area contributed by atoms with Crippen LogP contribution in [0.25, 0.3) is 11.1 Å². The fourth-order valence-corrected chi connectivity index (χ4v) is 4.15. The molecule has 1 amide bonds. The van der Waals surface area contributed by atoms with Gasteiger partial charge < -0.3 is 20.5 Å². The number of pyridine rings is 1. The van der Waals surface area contributed by atoms with Crippen molar-refractivity contribution in [1.82, 2.24) is 15.5 Å². The van der Waals surface area contributed by atoms with Gasteiger partial charge in [-0.15, -0.1) is 0 Å². The topological polar surface area (TPSA) is 92.1 Å². The van der Waals surface area contributed by atoms with Crippen molar-refractivity contribution in [2.75, 3.05) is 17.2 Å². The number of nitrogens with one attached hydrogen (secondary N) is 3. The smallest absolute Gasteiger partial charge is 0.227 e. The van der Waals surface area contributed by atoms with Gasteiger partial charge in [-0.2, -0.15) is 0 Å². The Morgan fingerprint density at radius 1 is 1.06 bits per heavy atom. The summed E-state index contributed by atoms with van der Waals surface area (Å²) in [6, 6.07) is 21.5. The molecule has 4 aromatic rings. The first-order valence-corrected chi connectivity index (χ1v) is 11.0. The molecule has 1 aliphatic rings. The van der Waals surface area contributed by atoms with Crippen molar-refractivity contribution in [3.63, 3.8) is 0 Å². The molecule has 0 radical (unpaired) electrons. The van der Waals surface area contributed by atoms with Crippen LogP contribution in [0.15, 0.2) is 89.9 Å². The van der Waals surface area contributed by atoms with E-state index in [-0.39, 0.29) is 23.9 Å². The van der Waals surface area contributed by atoms with Crippen LogP contribution in [0, 0.1) is 0 Å². The molecule has 0 aliphatic carbocycles. The zero-order valence-corrected chi connectivity index (χ0v) is 18.2. The molecule has 0 saturated carbocycles. The number of aromatic nitrogens is 2. The van der Waals surface area contributed by atoms with E-state index in [1.807, 2.05) is 73.7 Å². The van der Waals surface area contributed by atoms with Crippen LogP contribution in [0.3, 0.4) is 0 Å². The van der Waals surface area contributed by atoms with Gasteiger partial charge in [0.1, 0.15) is 12.1 Å². The second-order valence-electron chi connectivity index (χ2n) is 8.19. The number of nitrogens with zero attached hydrogens (tertiary/aromatic N) is 2. The molecule has 166 valence electrons. The van der Waals surface area contributed by atoms with Crippen LogP contribution < -0.4 is 16.0 Å². The molecule has 2 aromatic heterocycles. The Labute approximate surface area is 192 Å². The minimum Gasteiger partial charge on any atom is -0.380 e. The van der Waals surface area contributed by atoms with E-state index in [4.69, 9.17) is 4.52 Å². The van der Waals surface area contributed by atoms with E-state index in [0.717, 1.165) is 33.8 Å². The normalized spacial score (nSPS) is 16.6. The highest BCUT2D eigenvalue weighted by Crippen LogP contribution is 2.30. The van der Waals surface area contributed by atoms with Crippen molar-refractivity contribution in [2.45, 2.75) is 24.9 Å². The van der Waals surface area contributed by atoms with E-state index in [1.54, 1.807) is 18.7 Å². The molecule has 3 atom stereocenters. The highest BCUT2D eigenvalue weighted by atomic mass is 16.5. The van der Waals surface area contributed by atoms with Gasteiger partial charge in [-0.3, -0.25) is 4.79 Å². The lowest BCUT2D eigenvalue weighted by Crippen LogP contribution is -2.46. The van der Waals surface area contributed by atoms with Gasteiger partial charge in [0.2, 0.25) is 5.91 Å². The molecule has 7 nitrogen and oxygen atoms in total. The van der Waals surface area contributed by atoms with Gasteiger partial charge in [-0.25, -0.2) is 4.98 Å². The summed E-state index contributed by atoms with van der Waals surface area (Å²) in [5, 5.41) is 14.0. The van der Waals surface area contributed by atoms with Crippen molar-refractivity contribution in [1.29, 1.82) is 0 Å². The molecule has 3 N–H and O–H groups in total. The molecular formula is C26H25N5O2. The second kappa shape index (κ2) is 9.16. The van der Waals surface area contributed by atoms with Gasteiger partial charge in [-0.1, -0.05) is 59.8 Å². The number of rotatable bonds is 6. The SMILES string of the molecule is C[C@H](C(=O)N[C@H](c1ccccc1)[C@H]1CNc2cccnc2N1)c1cccc(-c2cnoc2)c1. The minimum atomic E-state index is -0.335. The molecule has 3 heterocycles. The highest BCUT2D eigenvalue weighted by molar-refractivity contribution is 5.84. The van der Waals surface area contributed by atoms with E-state index in [1.165, 1.54) is 0 Å². The first-order valence-electron chi connectivity index (χ1n) is 11.0. The van der Waals surface area contributed by atoms with Gasteiger partial charge in [0.05, 0.1) is 29.9 Å². The second-order valence-corrected chi connectivity index (χ2v) is 8.19. The lowest BCUT2D eigenvalue weighted by Gasteiger charge is -2.34. The van der Waals surface area contributed by atoms with Gasteiger partial charge in [0.25, 0.3) is 0 Å². The van der Waals surface area contributed by atoms with E-state index < -0.39 is 0 Å². The number of carbonyl (C=O) groups excluding carboxylic acids is 1. The number of hydrogen-bond donors (Lipinski definition) is 3. The van der Waals surface area contributed by atoms with Gasteiger partial charge >= 0.3 is 0 Å². The Hall–Kier alpha value is -4.13. The molecular weight excluding hydrogens is 414 g/mol. The van der Waals surface area contributed by atoms with E-state index >= 15 is 0 Å². The lowest BCUT2D eigenvalue weighted by molar-refractivity contribution is -0.123. The predicted molar refractivity (Wildman–Crippen MR) is 128 cm³/mol. The average molecular weight is 440 g/mol. The van der Waals surface area contributed by atoms with Crippen molar-refractivity contribution in [3.05, 3.63) is 96.5 Å². The summed E-state index contributed by atoms with van der Waals surface area (Å²) >= 11 is 0. The third kappa shape index (κ3) is 4.43. The largest absolute Gasteiger partial charge is 0.380 e. The third-order valence-corrected chi connectivity index (χ3v) is 6.05. The Morgan fingerprint density at radius 3 is 2.73 bits per heavy atom. The molecule has 2 aromatic carbocycles. The molecule has 7 heteroatoms. The van der Waals surface area contributed by atoms with Gasteiger partial charge in [0, 0.05) is 18.3 Å². The molecule has 0 saturated heterocycles. The molecule has 0 spiro atoms. The summed E-state index contributed by atoms with van der Waals surface area (Å²) < 4.78 is 4.96. The molecule has 33 heavy (non-hydrogen) atoms. The summed E-state index contributed by atoms with van der Waals surface area (Å²) in [6.07, 6.45) is 5.03. The minimum absolute atomic E-state index is 0.0417. The summed E-state index contributed by atoms with van der Waals surface area (Å²) in [7, 11) is 0. The monoisotopic (exact) mass is 439 g/mol. The van der Waals surface area contributed by atoms with E-state index in [9.17, 15) is 4.79 Å². The number of anilines is 2. The number of carbonyl (C=O) groups is 1. The standard InChI is InChI=1S/C26H25N5O2/c1-17(19-9-5-10-20(13-19)21-14-29-33-16-21)26(32)31-24(18-7-3-2-4-8-18)23-15-28-22-11-6-12-27-25(22)30-23/h2-14,16-17,23-24,28H,15H2,1H3,(H,27,30)(H,31,32)/t17-,23+,24+/m0/s1. The number of hydrogen-bond acceptors (Lipinski definition) is 6. The third-order valence-electron chi connectivity index (χ3n) is 6.05. The van der Waals surface area contributed by atoms with Crippen molar-refractivity contribution in [2.24, 2.45) is 0 Å². The first kappa shape index (κ1) is 20.8. The van der Waals surface area contributed by atoms with E-state index in [0.29, 0.717) is 6.54 Å². The predicted octanol–water partition coefficient (Wildman–Crippen LogP) is 4.60. The highest BCUT2D eigenvalue weighted by Gasteiger charge is 2.30. The lowest BCUT2D eigenvalue weighted by atomic mass is 9.94. The fourth-order valence-electron chi connectivity index (χ4n) is 4.15. The van der Waals surface area contributed by atoms with Crippen LogP contribution >= 0.6 is 0 Å². The zero-order valence-electron chi connectivity index (χ0n) is 18.2. The van der Waals surface area contributed by atoms with Crippen LogP contribution in [0.2, 0.25) is 0 Å². The molecule has 1 aliphatic heterocycles. The Morgan fingerprint density at radius 2 is 1.91 bits per heavy atom. The van der Waals surface area contributed by atoms with Crippen LogP contribution in [-0.4, -0.2) is 28.6 Å². The van der Waals surface area contributed by atoms with Crippen LogP contribution in [-0.2, 0) is 4.79 Å². The fraction of sp³-hybridized carbons (Fsp3) is 0.192. The molecule has 5 rings (SSSR count). The zero-order chi connectivity index (χ0) is 22.6. The van der Waals surface area contributed by atoms with Crippen LogP contribution in [0.1, 0.15) is 30.0 Å². The van der Waals surface area contributed by atoms with E-state index in [2.05, 4.69) is 26.1 Å². The number of fused-ring (bicyclic) bond motifs is 1. The van der Waals surface area contributed by atoms with Gasteiger partial charge in [-0.05, 0) is 35.7 Å². The maximum Gasteiger partial charge on any atom is 0.227 e.